The third kappa shape index (κ3) is 4.09. The summed E-state index contributed by atoms with van der Waals surface area (Å²) >= 11 is 0. The number of amides is 2. The maximum Gasteiger partial charge on any atom is 0.265 e. The van der Waals surface area contributed by atoms with Crippen LogP contribution in [0, 0.1) is 6.92 Å². The SMILES string of the molecule is Cc1ccc(OC(C)C(=O)Nc2ccc(C(N)=O)cc2)cc1. The van der Waals surface area contributed by atoms with Crippen molar-refractivity contribution in [2.45, 2.75) is 20.0 Å². The molecule has 0 aliphatic carbocycles. The Kier molecular flexibility index (Phi) is 4.78. The summed E-state index contributed by atoms with van der Waals surface area (Å²) in [5, 5.41) is 2.72. The molecule has 5 nitrogen and oxygen atoms in total. The van der Waals surface area contributed by atoms with E-state index in [2.05, 4.69) is 5.32 Å². The number of hydrogen-bond acceptors (Lipinski definition) is 3. The Hall–Kier alpha value is -2.82. The first-order chi connectivity index (χ1) is 10.5. The molecule has 1 unspecified atom stereocenters. The number of benzene rings is 2. The molecule has 0 fully saturated rings. The molecule has 22 heavy (non-hydrogen) atoms. The molecule has 114 valence electrons. The molecule has 2 rings (SSSR count). The molecule has 0 aliphatic heterocycles. The number of nitrogens with one attached hydrogen (secondary N) is 1. The largest absolute Gasteiger partial charge is 0.481 e. The highest BCUT2D eigenvalue weighted by Crippen LogP contribution is 2.15. The number of primary amides is 1. The number of nitrogens with two attached hydrogens (primary N) is 1. The number of carbonyl (C=O) groups is 2. The van der Waals surface area contributed by atoms with Crippen molar-refractivity contribution >= 4 is 17.5 Å². The minimum Gasteiger partial charge on any atom is -0.481 e. The van der Waals surface area contributed by atoms with E-state index in [1.807, 2.05) is 31.2 Å². The molecule has 0 aromatic heterocycles. The van der Waals surface area contributed by atoms with Crippen LogP contribution in [-0.2, 0) is 4.79 Å². The van der Waals surface area contributed by atoms with Gasteiger partial charge in [0, 0.05) is 11.3 Å². The fourth-order valence-electron chi connectivity index (χ4n) is 1.84. The lowest BCUT2D eigenvalue weighted by Gasteiger charge is -2.15. The Labute approximate surface area is 129 Å². The standard InChI is InChI=1S/C17H18N2O3/c1-11-3-9-15(10-4-11)22-12(2)17(21)19-14-7-5-13(6-8-14)16(18)20/h3-10,12H,1-2H3,(H2,18,20)(H,19,21). The van der Waals surface area contributed by atoms with E-state index < -0.39 is 12.0 Å². The summed E-state index contributed by atoms with van der Waals surface area (Å²) in [7, 11) is 0. The molecule has 1 atom stereocenters. The summed E-state index contributed by atoms with van der Waals surface area (Å²) in [6.45, 7) is 3.66. The zero-order chi connectivity index (χ0) is 16.1. The Balaban J connectivity index is 1.95. The highest BCUT2D eigenvalue weighted by molar-refractivity contribution is 5.96. The van der Waals surface area contributed by atoms with Crippen LogP contribution < -0.4 is 15.8 Å². The topological polar surface area (TPSA) is 81.4 Å². The van der Waals surface area contributed by atoms with Gasteiger partial charge in [-0.25, -0.2) is 0 Å². The minimum absolute atomic E-state index is 0.271. The van der Waals surface area contributed by atoms with Gasteiger partial charge >= 0.3 is 0 Å². The second-order valence-electron chi connectivity index (χ2n) is 5.00. The van der Waals surface area contributed by atoms with Gasteiger partial charge in [-0.2, -0.15) is 0 Å². The van der Waals surface area contributed by atoms with Crippen molar-refractivity contribution < 1.29 is 14.3 Å². The van der Waals surface area contributed by atoms with Crippen molar-refractivity contribution in [3.8, 4) is 5.75 Å². The van der Waals surface area contributed by atoms with E-state index in [1.165, 1.54) is 0 Å². The number of hydrogen-bond donors (Lipinski definition) is 2. The van der Waals surface area contributed by atoms with Gasteiger partial charge in [0.1, 0.15) is 5.75 Å². The lowest BCUT2D eigenvalue weighted by Crippen LogP contribution is -2.30. The van der Waals surface area contributed by atoms with Gasteiger partial charge in [-0.15, -0.1) is 0 Å². The highest BCUT2D eigenvalue weighted by Gasteiger charge is 2.15. The highest BCUT2D eigenvalue weighted by atomic mass is 16.5. The Morgan fingerprint density at radius 3 is 2.18 bits per heavy atom. The van der Waals surface area contributed by atoms with Crippen LogP contribution in [-0.4, -0.2) is 17.9 Å². The van der Waals surface area contributed by atoms with Crippen LogP contribution in [0.25, 0.3) is 0 Å². The number of rotatable bonds is 5. The average molecular weight is 298 g/mol. The van der Waals surface area contributed by atoms with Crippen molar-refractivity contribution in [2.24, 2.45) is 5.73 Å². The summed E-state index contributed by atoms with van der Waals surface area (Å²) in [6, 6.07) is 13.8. The number of aryl methyl sites for hydroxylation is 1. The molecular formula is C17H18N2O3. The zero-order valence-electron chi connectivity index (χ0n) is 12.5. The van der Waals surface area contributed by atoms with E-state index >= 15 is 0 Å². The van der Waals surface area contributed by atoms with E-state index in [0.29, 0.717) is 17.0 Å². The van der Waals surface area contributed by atoms with E-state index in [9.17, 15) is 9.59 Å². The molecule has 0 heterocycles. The van der Waals surface area contributed by atoms with Crippen molar-refractivity contribution in [1.29, 1.82) is 0 Å². The summed E-state index contributed by atoms with van der Waals surface area (Å²) in [5.74, 6) is -0.140. The summed E-state index contributed by atoms with van der Waals surface area (Å²) in [6.07, 6.45) is -0.640. The maximum absolute atomic E-state index is 12.1. The fraction of sp³-hybridized carbons (Fsp3) is 0.176. The van der Waals surface area contributed by atoms with Gasteiger partial charge in [0.05, 0.1) is 0 Å². The van der Waals surface area contributed by atoms with Crippen molar-refractivity contribution in [3.63, 3.8) is 0 Å². The molecule has 3 N–H and O–H groups in total. The molecule has 0 aliphatic rings. The first-order valence-electron chi connectivity index (χ1n) is 6.90. The second-order valence-corrected chi connectivity index (χ2v) is 5.00. The van der Waals surface area contributed by atoms with Crippen LogP contribution in [0.4, 0.5) is 5.69 Å². The fourth-order valence-corrected chi connectivity index (χ4v) is 1.84. The van der Waals surface area contributed by atoms with Crippen molar-refractivity contribution in [1.82, 2.24) is 0 Å². The van der Waals surface area contributed by atoms with Gasteiger partial charge in [0.2, 0.25) is 5.91 Å². The predicted octanol–water partition coefficient (Wildman–Crippen LogP) is 2.50. The van der Waals surface area contributed by atoms with Crippen LogP contribution in [0.3, 0.4) is 0 Å². The number of anilines is 1. The van der Waals surface area contributed by atoms with Gasteiger partial charge in [-0.1, -0.05) is 17.7 Å². The zero-order valence-corrected chi connectivity index (χ0v) is 12.5. The van der Waals surface area contributed by atoms with Crippen LogP contribution in [0.1, 0.15) is 22.8 Å². The molecular weight excluding hydrogens is 280 g/mol. The normalized spacial score (nSPS) is 11.5. The van der Waals surface area contributed by atoms with Crippen LogP contribution in [0.2, 0.25) is 0 Å². The molecule has 0 spiro atoms. The lowest BCUT2D eigenvalue weighted by atomic mass is 10.2. The van der Waals surface area contributed by atoms with Crippen molar-refractivity contribution in [2.75, 3.05) is 5.32 Å². The van der Waals surface area contributed by atoms with Gasteiger partial charge in [0.25, 0.3) is 5.91 Å². The smallest absolute Gasteiger partial charge is 0.265 e. The summed E-state index contributed by atoms with van der Waals surface area (Å²) in [5.41, 5.74) is 7.26. The van der Waals surface area contributed by atoms with Gasteiger partial charge in [-0.3, -0.25) is 9.59 Å². The monoisotopic (exact) mass is 298 g/mol. The Bertz CT molecular complexity index is 663. The third-order valence-electron chi connectivity index (χ3n) is 3.14. The number of carbonyl (C=O) groups excluding carboxylic acids is 2. The first-order valence-corrected chi connectivity index (χ1v) is 6.90. The molecule has 2 amide bonds. The van der Waals surface area contributed by atoms with Crippen LogP contribution in [0.15, 0.2) is 48.5 Å². The number of ether oxygens (including phenoxy) is 1. The molecule has 5 heteroatoms. The van der Waals surface area contributed by atoms with E-state index in [1.54, 1.807) is 31.2 Å². The molecule has 0 radical (unpaired) electrons. The van der Waals surface area contributed by atoms with E-state index in [0.717, 1.165) is 5.56 Å². The molecule has 2 aromatic carbocycles. The lowest BCUT2D eigenvalue weighted by molar-refractivity contribution is -0.122. The quantitative estimate of drug-likeness (QED) is 0.889. The summed E-state index contributed by atoms with van der Waals surface area (Å²) < 4.78 is 5.58. The van der Waals surface area contributed by atoms with Gasteiger partial charge in [0.15, 0.2) is 6.10 Å². The molecule has 0 saturated heterocycles. The Morgan fingerprint density at radius 2 is 1.64 bits per heavy atom. The predicted molar refractivity (Wildman–Crippen MR) is 84.9 cm³/mol. The van der Waals surface area contributed by atoms with Crippen LogP contribution in [0.5, 0.6) is 5.75 Å². The third-order valence-corrected chi connectivity index (χ3v) is 3.14. The molecule has 0 saturated carbocycles. The first kappa shape index (κ1) is 15.6. The van der Waals surface area contributed by atoms with E-state index in [4.69, 9.17) is 10.5 Å². The van der Waals surface area contributed by atoms with Gasteiger partial charge < -0.3 is 15.8 Å². The minimum atomic E-state index is -0.640. The van der Waals surface area contributed by atoms with Crippen molar-refractivity contribution in [3.05, 3.63) is 59.7 Å². The maximum atomic E-state index is 12.1. The molecule has 0 bridgehead atoms. The van der Waals surface area contributed by atoms with E-state index in [-0.39, 0.29) is 5.91 Å². The van der Waals surface area contributed by atoms with Crippen LogP contribution >= 0.6 is 0 Å². The van der Waals surface area contributed by atoms with Gasteiger partial charge in [-0.05, 0) is 50.2 Å². The summed E-state index contributed by atoms with van der Waals surface area (Å²) in [4.78, 5) is 23.1. The second kappa shape index (κ2) is 6.76. The molecule has 2 aromatic rings. The average Bonchev–Trinajstić information content (AvgIpc) is 2.50. The Morgan fingerprint density at radius 1 is 1.05 bits per heavy atom.